The summed E-state index contributed by atoms with van der Waals surface area (Å²) in [7, 11) is 0. The average molecular weight is 374 g/mol. The topological polar surface area (TPSA) is 38.3 Å². The minimum atomic E-state index is -0.539. The van der Waals surface area contributed by atoms with Crippen molar-refractivity contribution < 1.29 is 9.53 Å². The molecule has 23 heavy (non-hydrogen) atoms. The predicted molar refractivity (Wildman–Crippen MR) is 95.9 cm³/mol. The fourth-order valence-electron chi connectivity index (χ4n) is 2.91. The standard InChI is InChI=1S/C19H20BrNO2/c1-13(19(22)21-16-9-5-8-15(20)12-16)23-18-11-4-7-14-6-2-3-10-17(14)18/h4-5,7-9,11-13H,2-3,6,10H2,1H3,(H,21,22)/t13-/m1/s1. The van der Waals surface area contributed by atoms with Crippen molar-refractivity contribution in [1.82, 2.24) is 0 Å². The molecule has 0 bridgehead atoms. The second-order valence-corrected chi connectivity index (χ2v) is 6.78. The molecule has 1 aliphatic carbocycles. The summed E-state index contributed by atoms with van der Waals surface area (Å²) in [6, 6.07) is 13.7. The quantitative estimate of drug-likeness (QED) is 0.840. The molecular weight excluding hydrogens is 354 g/mol. The Labute approximate surface area is 145 Å². The molecule has 2 aromatic carbocycles. The molecule has 0 aliphatic heterocycles. The lowest BCUT2D eigenvalue weighted by Crippen LogP contribution is -2.30. The molecule has 3 nitrogen and oxygen atoms in total. The van der Waals surface area contributed by atoms with E-state index in [1.54, 1.807) is 6.92 Å². The summed E-state index contributed by atoms with van der Waals surface area (Å²) in [5, 5.41) is 2.89. The van der Waals surface area contributed by atoms with Crippen molar-refractivity contribution in [2.75, 3.05) is 5.32 Å². The average Bonchev–Trinajstić information content (AvgIpc) is 2.55. The van der Waals surface area contributed by atoms with Gasteiger partial charge in [-0.2, -0.15) is 0 Å². The van der Waals surface area contributed by atoms with Gasteiger partial charge in [-0.1, -0.05) is 34.1 Å². The van der Waals surface area contributed by atoms with Crippen LogP contribution in [0, 0.1) is 0 Å². The zero-order valence-electron chi connectivity index (χ0n) is 13.1. The molecule has 1 amide bonds. The van der Waals surface area contributed by atoms with Crippen LogP contribution in [0.5, 0.6) is 5.75 Å². The number of carbonyl (C=O) groups excluding carboxylic acids is 1. The number of ether oxygens (including phenoxy) is 1. The second-order valence-electron chi connectivity index (χ2n) is 5.86. The largest absolute Gasteiger partial charge is 0.481 e. The van der Waals surface area contributed by atoms with Crippen LogP contribution in [0.2, 0.25) is 0 Å². The first-order chi connectivity index (χ1) is 11.1. The van der Waals surface area contributed by atoms with E-state index in [9.17, 15) is 4.79 Å². The van der Waals surface area contributed by atoms with Gasteiger partial charge >= 0.3 is 0 Å². The third-order valence-electron chi connectivity index (χ3n) is 4.12. The highest BCUT2D eigenvalue weighted by molar-refractivity contribution is 9.10. The number of hydrogen-bond acceptors (Lipinski definition) is 2. The van der Waals surface area contributed by atoms with E-state index in [-0.39, 0.29) is 5.91 Å². The molecular formula is C19H20BrNO2. The number of anilines is 1. The molecule has 0 unspecified atom stereocenters. The first-order valence-corrected chi connectivity index (χ1v) is 8.76. The van der Waals surface area contributed by atoms with Crippen LogP contribution in [0.3, 0.4) is 0 Å². The zero-order valence-corrected chi connectivity index (χ0v) is 14.7. The monoisotopic (exact) mass is 373 g/mol. The van der Waals surface area contributed by atoms with Gasteiger partial charge in [-0.15, -0.1) is 0 Å². The molecule has 2 aromatic rings. The van der Waals surface area contributed by atoms with E-state index in [1.165, 1.54) is 24.0 Å². The zero-order chi connectivity index (χ0) is 16.2. The Hall–Kier alpha value is -1.81. The molecule has 120 valence electrons. The van der Waals surface area contributed by atoms with E-state index in [2.05, 4.69) is 27.3 Å². The first-order valence-electron chi connectivity index (χ1n) is 7.97. The Morgan fingerprint density at radius 3 is 2.78 bits per heavy atom. The third kappa shape index (κ3) is 3.94. The van der Waals surface area contributed by atoms with E-state index in [0.29, 0.717) is 0 Å². The summed E-state index contributed by atoms with van der Waals surface area (Å²) >= 11 is 3.40. The Morgan fingerprint density at radius 1 is 1.17 bits per heavy atom. The number of rotatable bonds is 4. The Bertz CT molecular complexity index is 714. The van der Waals surface area contributed by atoms with Crippen LogP contribution in [-0.2, 0) is 17.6 Å². The number of benzene rings is 2. The highest BCUT2D eigenvalue weighted by atomic mass is 79.9. The number of aryl methyl sites for hydroxylation is 1. The number of nitrogens with one attached hydrogen (secondary N) is 1. The van der Waals surface area contributed by atoms with Crippen molar-refractivity contribution >= 4 is 27.5 Å². The fourth-order valence-corrected chi connectivity index (χ4v) is 3.31. The highest BCUT2D eigenvalue weighted by Crippen LogP contribution is 2.30. The lowest BCUT2D eigenvalue weighted by Gasteiger charge is -2.22. The molecule has 0 radical (unpaired) electrons. The molecule has 0 saturated carbocycles. The number of hydrogen-bond donors (Lipinski definition) is 1. The molecule has 4 heteroatoms. The molecule has 3 rings (SSSR count). The van der Waals surface area contributed by atoms with Gasteiger partial charge < -0.3 is 10.1 Å². The van der Waals surface area contributed by atoms with Gasteiger partial charge in [0, 0.05) is 10.2 Å². The summed E-state index contributed by atoms with van der Waals surface area (Å²) in [5.74, 6) is 0.704. The minimum absolute atomic E-state index is 0.142. The molecule has 0 fully saturated rings. The van der Waals surface area contributed by atoms with Crippen LogP contribution < -0.4 is 10.1 Å². The summed E-state index contributed by atoms with van der Waals surface area (Å²) in [5.41, 5.74) is 3.38. The third-order valence-corrected chi connectivity index (χ3v) is 4.61. The van der Waals surface area contributed by atoms with Gasteiger partial charge in [-0.05, 0) is 68.0 Å². The SMILES string of the molecule is C[C@@H](Oc1cccc2c1CCCC2)C(=O)Nc1cccc(Br)c1. The van der Waals surface area contributed by atoms with Crippen molar-refractivity contribution in [1.29, 1.82) is 0 Å². The van der Waals surface area contributed by atoms with Crippen LogP contribution >= 0.6 is 15.9 Å². The van der Waals surface area contributed by atoms with Crippen LogP contribution in [0.15, 0.2) is 46.9 Å². The first kappa shape index (κ1) is 16.1. The number of amides is 1. The van der Waals surface area contributed by atoms with Gasteiger partial charge in [0.1, 0.15) is 5.75 Å². The fraction of sp³-hybridized carbons (Fsp3) is 0.316. The normalized spacial score (nSPS) is 14.7. The second kappa shape index (κ2) is 7.18. The number of fused-ring (bicyclic) bond motifs is 1. The Balaban J connectivity index is 1.69. The van der Waals surface area contributed by atoms with Gasteiger partial charge in [0.15, 0.2) is 6.10 Å². The molecule has 1 N–H and O–H groups in total. The molecule has 0 saturated heterocycles. The number of halogens is 1. The van der Waals surface area contributed by atoms with E-state index in [1.807, 2.05) is 36.4 Å². The van der Waals surface area contributed by atoms with Crippen LogP contribution in [0.25, 0.3) is 0 Å². The van der Waals surface area contributed by atoms with Gasteiger partial charge in [-0.3, -0.25) is 4.79 Å². The summed E-state index contributed by atoms with van der Waals surface area (Å²) in [6.07, 6.45) is 4.01. The van der Waals surface area contributed by atoms with Crippen LogP contribution in [0.1, 0.15) is 30.9 Å². The summed E-state index contributed by atoms with van der Waals surface area (Å²) in [6.45, 7) is 1.79. The summed E-state index contributed by atoms with van der Waals surface area (Å²) < 4.78 is 6.88. The maximum Gasteiger partial charge on any atom is 0.265 e. The number of carbonyl (C=O) groups is 1. The lowest BCUT2D eigenvalue weighted by molar-refractivity contribution is -0.122. The Kier molecular flexibility index (Phi) is 5.01. The molecule has 0 heterocycles. The van der Waals surface area contributed by atoms with E-state index >= 15 is 0 Å². The van der Waals surface area contributed by atoms with Crippen molar-refractivity contribution in [3.8, 4) is 5.75 Å². The molecule has 1 aliphatic rings. The van der Waals surface area contributed by atoms with Gasteiger partial charge in [0.25, 0.3) is 5.91 Å². The molecule has 1 atom stereocenters. The van der Waals surface area contributed by atoms with Crippen molar-refractivity contribution in [2.24, 2.45) is 0 Å². The van der Waals surface area contributed by atoms with Crippen molar-refractivity contribution in [3.63, 3.8) is 0 Å². The van der Waals surface area contributed by atoms with Gasteiger partial charge in [-0.25, -0.2) is 0 Å². The minimum Gasteiger partial charge on any atom is -0.481 e. The smallest absolute Gasteiger partial charge is 0.265 e. The van der Waals surface area contributed by atoms with Crippen LogP contribution in [-0.4, -0.2) is 12.0 Å². The van der Waals surface area contributed by atoms with E-state index < -0.39 is 6.10 Å². The van der Waals surface area contributed by atoms with Crippen molar-refractivity contribution in [3.05, 3.63) is 58.1 Å². The summed E-state index contributed by atoms with van der Waals surface area (Å²) in [4.78, 5) is 12.3. The van der Waals surface area contributed by atoms with E-state index in [4.69, 9.17) is 4.74 Å². The van der Waals surface area contributed by atoms with Gasteiger partial charge in [0.2, 0.25) is 0 Å². The van der Waals surface area contributed by atoms with Gasteiger partial charge in [0.05, 0.1) is 0 Å². The maximum atomic E-state index is 12.3. The van der Waals surface area contributed by atoms with Crippen LogP contribution in [0.4, 0.5) is 5.69 Å². The maximum absolute atomic E-state index is 12.3. The predicted octanol–water partition coefficient (Wildman–Crippen LogP) is 4.73. The van der Waals surface area contributed by atoms with Crippen molar-refractivity contribution in [2.45, 2.75) is 38.7 Å². The highest BCUT2D eigenvalue weighted by Gasteiger charge is 2.19. The van der Waals surface area contributed by atoms with E-state index in [0.717, 1.165) is 28.8 Å². The molecule has 0 spiro atoms. The lowest BCUT2D eigenvalue weighted by atomic mass is 9.91. The Morgan fingerprint density at radius 2 is 1.96 bits per heavy atom. The molecule has 0 aromatic heterocycles.